The van der Waals surface area contributed by atoms with Crippen molar-refractivity contribution in [3.8, 4) is 0 Å². The van der Waals surface area contributed by atoms with Crippen LogP contribution in [0.25, 0.3) is 0 Å². The van der Waals surface area contributed by atoms with Gasteiger partial charge in [-0.05, 0) is 43.9 Å². The minimum absolute atomic E-state index is 0.0437. The second kappa shape index (κ2) is 8.46. The van der Waals surface area contributed by atoms with E-state index in [1.807, 2.05) is 17.0 Å². The highest BCUT2D eigenvalue weighted by Crippen LogP contribution is 2.29. The number of amides is 2. The van der Waals surface area contributed by atoms with Crippen LogP contribution in [0.2, 0.25) is 0 Å². The van der Waals surface area contributed by atoms with E-state index in [2.05, 4.69) is 25.5 Å². The van der Waals surface area contributed by atoms with Crippen molar-refractivity contribution in [1.29, 1.82) is 0 Å². The smallest absolute Gasteiger partial charge is 0.258 e. The van der Waals surface area contributed by atoms with E-state index >= 15 is 0 Å². The summed E-state index contributed by atoms with van der Waals surface area (Å²) in [6, 6.07) is 5.61. The number of hydrogen-bond acceptors (Lipinski definition) is 6. The van der Waals surface area contributed by atoms with Crippen molar-refractivity contribution in [3.05, 3.63) is 41.7 Å². The first-order valence-corrected chi connectivity index (χ1v) is 10.1. The Balaban J connectivity index is 1.59. The number of carbonyl (C=O) groups excluding carboxylic acids is 2. The number of anilines is 3. The normalized spacial score (nSPS) is 16.2. The molecule has 2 aliphatic heterocycles. The highest BCUT2D eigenvalue weighted by Gasteiger charge is 2.25. The lowest BCUT2D eigenvalue weighted by Crippen LogP contribution is -2.30. The number of nitrogens with zero attached hydrogens (tertiary/aromatic N) is 4. The largest absolute Gasteiger partial charge is 0.371 e. The first-order valence-electron chi connectivity index (χ1n) is 10.1. The quantitative estimate of drug-likeness (QED) is 0.810. The second-order valence-corrected chi connectivity index (χ2v) is 7.42. The molecule has 0 radical (unpaired) electrons. The molecule has 1 aromatic carbocycles. The standard InChI is InChI=1S/C21H26N6O2/c1-22-21-23-13-15(14-24-21)19(28)25-16-6-7-18(26-8-2-3-9-26)17(12-16)20(29)27-10-4-5-11-27/h6-7,12-14H,2-5,8-11H2,1H3,(H,25,28)(H,22,23,24). The molecule has 2 N–H and O–H groups in total. The molecule has 0 bridgehead atoms. The Kier molecular flexibility index (Phi) is 5.59. The molecule has 0 unspecified atom stereocenters. The Bertz CT molecular complexity index is 887. The van der Waals surface area contributed by atoms with Crippen LogP contribution in [0.1, 0.15) is 46.4 Å². The molecule has 8 nitrogen and oxygen atoms in total. The number of nitrogens with one attached hydrogen (secondary N) is 2. The Labute approximate surface area is 170 Å². The predicted molar refractivity (Wildman–Crippen MR) is 113 cm³/mol. The molecular weight excluding hydrogens is 368 g/mol. The summed E-state index contributed by atoms with van der Waals surface area (Å²) in [7, 11) is 1.72. The van der Waals surface area contributed by atoms with Gasteiger partial charge in [-0.25, -0.2) is 9.97 Å². The molecule has 0 saturated carbocycles. The lowest BCUT2D eigenvalue weighted by Gasteiger charge is -2.24. The molecule has 2 fully saturated rings. The Morgan fingerprint density at radius 1 is 0.966 bits per heavy atom. The highest BCUT2D eigenvalue weighted by atomic mass is 16.2. The first-order chi connectivity index (χ1) is 14.2. The van der Waals surface area contributed by atoms with Gasteiger partial charge in [-0.2, -0.15) is 0 Å². The third-order valence-corrected chi connectivity index (χ3v) is 5.46. The summed E-state index contributed by atoms with van der Waals surface area (Å²) < 4.78 is 0. The molecule has 2 amide bonds. The van der Waals surface area contributed by atoms with Gasteiger partial charge in [-0.3, -0.25) is 9.59 Å². The van der Waals surface area contributed by atoms with Crippen LogP contribution >= 0.6 is 0 Å². The third-order valence-electron chi connectivity index (χ3n) is 5.46. The molecular formula is C21H26N6O2. The van der Waals surface area contributed by atoms with Gasteiger partial charge in [0.05, 0.1) is 11.1 Å². The van der Waals surface area contributed by atoms with Crippen molar-refractivity contribution >= 4 is 29.1 Å². The van der Waals surface area contributed by atoms with Gasteiger partial charge >= 0.3 is 0 Å². The number of rotatable bonds is 5. The maximum absolute atomic E-state index is 13.2. The summed E-state index contributed by atoms with van der Waals surface area (Å²) >= 11 is 0. The molecule has 0 atom stereocenters. The highest BCUT2D eigenvalue weighted by molar-refractivity contribution is 6.06. The van der Waals surface area contributed by atoms with Crippen LogP contribution in [0.5, 0.6) is 0 Å². The topological polar surface area (TPSA) is 90.5 Å². The van der Waals surface area contributed by atoms with Crippen LogP contribution in [-0.2, 0) is 0 Å². The van der Waals surface area contributed by atoms with Crippen molar-refractivity contribution in [1.82, 2.24) is 14.9 Å². The molecule has 0 spiro atoms. The Hall–Kier alpha value is -3.16. The van der Waals surface area contributed by atoms with Gasteiger partial charge in [-0.15, -0.1) is 0 Å². The lowest BCUT2D eigenvalue weighted by molar-refractivity contribution is 0.0793. The van der Waals surface area contributed by atoms with Crippen LogP contribution in [0.15, 0.2) is 30.6 Å². The van der Waals surface area contributed by atoms with E-state index in [4.69, 9.17) is 0 Å². The van der Waals surface area contributed by atoms with Crippen molar-refractivity contribution in [3.63, 3.8) is 0 Å². The molecule has 2 aromatic rings. The van der Waals surface area contributed by atoms with Gasteiger partial charge in [0.2, 0.25) is 5.95 Å². The van der Waals surface area contributed by atoms with Crippen molar-refractivity contribution in [2.75, 3.05) is 48.8 Å². The molecule has 4 rings (SSSR count). The van der Waals surface area contributed by atoms with Crippen molar-refractivity contribution in [2.45, 2.75) is 25.7 Å². The molecule has 152 valence electrons. The van der Waals surface area contributed by atoms with E-state index < -0.39 is 0 Å². The zero-order valence-corrected chi connectivity index (χ0v) is 16.6. The van der Waals surface area contributed by atoms with E-state index in [1.54, 1.807) is 13.1 Å². The fraction of sp³-hybridized carbons (Fsp3) is 0.429. The number of aromatic nitrogens is 2. The van der Waals surface area contributed by atoms with Gasteiger partial charge in [0.25, 0.3) is 11.8 Å². The Morgan fingerprint density at radius 3 is 2.28 bits per heavy atom. The number of benzene rings is 1. The summed E-state index contributed by atoms with van der Waals surface area (Å²) in [6.45, 7) is 3.51. The van der Waals surface area contributed by atoms with Crippen LogP contribution in [0, 0.1) is 0 Å². The fourth-order valence-electron chi connectivity index (χ4n) is 3.89. The average Bonchev–Trinajstić information content (AvgIpc) is 3.47. The maximum Gasteiger partial charge on any atom is 0.258 e. The van der Waals surface area contributed by atoms with Crippen LogP contribution in [0.4, 0.5) is 17.3 Å². The van der Waals surface area contributed by atoms with Gasteiger partial charge < -0.3 is 20.4 Å². The second-order valence-electron chi connectivity index (χ2n) is 7.42. The van der Waals surface area contributed by atoms with E-state index in [0.29, 0.717) is 22.8 Å². The van der Waals surface area contributed by atoms with Crippen molar-refractivity contribution < 1.29 is 9.59 Å². The van der Waals surface area contributed by atoms with Crippen molar-refractivity contribution in [2.24, 2.45) is 0 Å². The molecule has 1 aromatic heterocycles. The SMILES string of the molecule is CNc1ncc(C(=O)Nc2ccc(N3CCCC3)c(C(=O)N3CCCC3)c2)cn1. The summed E-state index contributed by atoms with van der Waals surface area (Å²) in [5.41, 5.74) is 2.57. The van der Waals surface area contributed by atoms with Gasteiger partial charge in [0, 0.05) is 57.0 Å². The molecule has 29 heavy (non-hydrogen) atoms. The first kappa shape index (κ1) is 19.2. The van der Waals surface area contributed by atoms with Gasteiger partial charge in [-0.1, -0.05) is 0 Å². The lowest BCUT2D eigenvalue weighted by atomic mass is 10.1. The van der Waals surface area contributed by atoms with E-state index in [1.165, 1.54) is 12.4 Å². The van der Waals surface area contributed by atoms with Crippen LogP contribution in [-0.4, -0.2) is 59.9 Å². The molecule has 3 heterocycles. The Morgan fingerprint density at radius 2 is 1.62 bits per heavy atom. The molecule has 2 saturated heterocycles. The van der Waals surface area contributed by atoms with Gasteiger partial charge in [0.15, 0.2) is 0 Å². The predicted octanol–water partition coefficient (Wildman–Crippen LogP) is 2.61. The van der Waals surface area contributed by atoms with Crippen LogP contribution < -0.4 is 15.5 Å². The molecule has 2 aliphatic rings. The zero-order valence-electron chi connectivity index (χ0n) is 16.6. The van der Waals surface area contributed by atoms with E-state index in [-0.39, 0.29) is 11.8 Å². The van der Waals surface area contributed by atoms with Gasteiger partial charge in [0.1, 0.15) is 0 Å². The maximum atomic E-state index is 13.2. The summed E-state index contributed by atoms with van der Waals surface area (Å²) in [5, 5.41) is 5.69. The monoisotopic (exact) mass is 394 g/mol. The number of likely N-dealkylation sites (tertiary alicyclic amines) is 1. The van der Waals surface area contributed by atoms with Crippen LogP contribution in [0.3, 0.4) is 0 Å². The average molecular weight is 394 g/mol. The number of hydrogen-bond donors (Lipinski definition) is 2. The minimum atomic E-state index is -0.304. The summed E-state index contributed by atoms with van der Waals surface area (Å²) in [6.07, 6.45) is 7.32. The summed E-state index contributed by atoms with van der Waals surface area (Å²) in [5.74, 6) is 0.193. The fourth-order valence-corrected chi connectivity index (χ4v) is 3.89. The molecule has 0 aliphatic carbocycles. The number of carbonyl (C=O) groups is 2. The van der Waals surface area contributed by atoms with E-state index in [9.17, 15) is 9.59 Å². The summed E-state index contributed by atoms with van der Waals surface area (Å²) in [4.78, 5) is 38.1. The van der Waals surface area contributed by atoms with E-state index in [0.717, 1.165) is 57.5 Å². The third kappa shape index (κ3) is 4.16. The molecule has 8 heteroatoms. The minimum Gasteiger partial charge on any atom is -0.371 e. The zero-order chi connectivity index (χ0) is 20.2.